The van der Waals surface area contributed by atoms with E-state index in [4.69, 9.17) is 18.9 Å². The van der Waals surface area contributed by atoms with Crippen molar-refractivity contribution in [1.82, 2.24) is 9.88 Å². The van der Waals surface area contributed by atoms with E-state index in [1.807, 2.05) is 36.6 Å². The molecule has 1 aromatic heterocycles. The Bertz CT molecular complexity index is 1580. The molecule has 1 atom stereocenters. The number of methoxy groups -OCH3 is 3. The van der Waals surface area contributed by atoms with Gasteiger partial charge in [-0.3, -0.25) is 9.59 Å². The van der Waals surface area contributed by atoms with Gasteiger partial charge in [-0.25, -0.2) is 4.79 Å². The quantitative estimate of drug-likeness (QED) is 0.211. The first-order chi connectivity index (χ1) is 20.3. The van der Waals surface area contributed by atoms with Crippen LogP contribution in [0.2, 0.25) is 0 Å². The number of hydrogen-bond acceptors (Lipinski definition) is 8. The summed E-state index contributed by atoms with van der Waals surface area (Å²) in [7, 11) is 4.36. The first-order valence-corrected chi connectivity index (χ1v) is 14.8. The minimum absolute atomic E-state index is 0.212. The van der Waals surface area contributed by atoms with Crippen LogP contribution in [0.5, 0.6) is 17.2 Å². The second-order valence-corrected chi connectivity index (χ2v) is 10.4. The summed E-state index contributed by atoms with van der Waals surface area (Å²) >= 11 is 1.52. The molecule has 4 aromatic rings. The van der Waals surface area contributed by atoms with E-state index in [1.54, 1.807) is 0 Å². The number of fused-ring (bicyclic) bond motifs is 3. The van der Waals surface area contributed by atoms with Crippen LogP contribution < -0.4 is 24.8 Å². The van der Waals surface area contributed by atoms with Crippen molar-refractivity contribution < 1.29 is 33.3 Å². The van der Waals surface area contributed by atoms with Crippen LogP contribution in [0.4, 0.5) is 5.69 Å². The molecule has 0 unspecified atom stereocenters. The number of benzene rings is 3. The van der Waals surface area contributed by atoms with E-state index in [9.17, 15) is 14.4 Å². The number of nitrogens with zero attached hydrogens (tertiary/aromatic N) is 1. The van der Waals surface area contributed by atoms with Crippen LogP contribution in [-0.4, -0.2) is 68.3 Å². The van der Waals surface area contributed by atoms with E-state index in [-0.39, 0.29) is 5.56 Å². The molecular formula is C31H35N3O7S. The molecule has 0 spiro atoms. The molecule has 0 saturated carbocycles. The van der Waals surface area contributed by atoms with Gasteiger partial charge in [0, 0.05) is 39.6 Å². The van der Waals surface area contributed by atoms with Crippen molar-refractivity contribution >= 4 is 57.0 Å². The highest BCUT2D eigenvalue weighted by Crippen LogP contribution is 2.38. The number of esters is 1. The summed E-state index contributed by atoms with van der Waals surface area (Å²) in [6.07, 6.45) is 2.21. The molecule has 0 saturated heterocycles. The molecule has 42 heavy (non-hydrogen) atoms. The lowest BCUT2D eigenvalue weighted by Crippen LogP contribution is -2.43. The molecular weight excluding hydrogens is 558 g/mol. The highest BCUT2D eigenvalue weighted by Gasteiger charge is 2.25. The van der Waals surface area contributed by atoms with Gasteiger partial charge in [0.15, 0.2) is 18.1 Å². The van der Waals surface area contributed by atoms with E-state index in [2.05, 4.69) is 34.3 Å². The second kappa shape index (κ2) is 14.0. The van der Waals surface area contributed by atoms with Gasteiger partial charge in [0.05, 0.1) is 21.3 Å². The minimum Gasteiger partial charge on any atom is -0.493 e. The van der Waals surface area contributed by atoms with Crippen molar-refractivity contribution in [3.63, 3.8) is 0 Å². The Kier molecular flexibility index (Phi) is 10.2. The van der Waals surface area contributed by atoms with Gasteiger partial charge >= 0.3 is 5.97 Å². The molecule has 0 aliphatic heterocycles. The van der Waals surface area contributed by atoms with Crippen LogP contribution in [-0.2, 0) is 20.9 Å². The van der Waals surface area contributed by atoms with E-state index in [0.717, 1.165) is 28.4 Å². The zero-order valence-electron chi connectivity index (χ0n) is 24.3. The molecule has 0 aliphatic carbocycles. The van der Waals surface area contributed by atoms with Gasteiger partial charge in [0.1, 0.15) is 6.04 Å². The second-order valence-electron chi connectivity index (χ2n) is 9.37. The number of thioether (sulfide) groups is 1. The van der Waals surface area contributed by atoms with Crippen molar-refractivity contribution in [3.8, 4) is 17.2 Å². The minimum atomic E-state index is -0.964. The maximum absolute atomic E-state index is 13.1. The average molecular weight is 594 g/mol. The number of para-hydroxylation sites is 1. The third kappa shape index (κ3) is 6.57. The Morgan fingerprint density at radius 1 is 0.905 bits per heavy atom. The predicted molar refractivity (Wildman–Crippen MR) is 165 cm³/mol. The van der Waals surface area contributed by atoms with Gasteiger partial charge in [-0.05, 0) is 61.8 Å². The largest absolute Gasteiger partial charge is 0.493 e. The molecule has 0 bridgehead atoms. The third-order valence-electron chi connectivity index (χ3n) is 6.85. The van der Waals surface area contributed by atoms with Gasteiger partial charge in [-0.2, -0.15) is 11.8 Å². The number of ether oxygens (including phenoxy) is 4. The molecule has 1 heterocycles. The van der Waals surface area contributed by atoms with Gasteiger partial charge in [0.2, 0.25) is 5.75 Å². The summed E-state index contributed by atoms with van der Waals surface area (Å²) in [5, 5.41) is 7.64. The molecule has 2 N–H and O–H groups in total. The standard InChI is InChI=1S/C31H35N3O7S/c1-6-34-24-10-8-7-9-21(24)22-17-20(11-12-25(22)34)32-28(35)18-41-31(37)23(13-14-42-5)33-30(36)19-15-26(38-2)29(40-4)27(16-19)39-3/h7-12,15-17,23H,6,13-14,18H2,1-5H3,(H,32,35)(H,33,36)/t23-/m1/s1. The molecule has 0 fully saturated rings. The van der Waals surface area contributed by atoms with Crippen molar-refractivity contribution in [2.75, 3.05) is 45.3 Å². The third-order valence-corrected chi connectivity index (χ3v) is 7.49. The summed E-state index contributed by atoms with van der Waals surface area (Å²) in [6, 6.07) is 15.9. The Morgan fingerprint density at radius 2 is 1.60 bits per heavy atom. The van der Waals surface area contributed by atoms with Crippen LogP contribution >= 0.6 is 11.8 Å². The maximum Gasteiger partial charge on any atom is 0.329 e. The Morgan fingerprint density at radius 3 is 2.24 bits per heavy atom. The highest BCUT2D eigenvalue weighted by molar-refractivity contribution is 7.98. The summed E-state index contributed by atoms with van der Waals surface area (Å²) in [5.74, 6) is -0.175. The molecule has 2 amide bonds. The van der Waals surface area contributed by atoms with Gasteiger partial charge in [0.25, 0.3) is 11.8 Å². The van der Waals surface area contributed by atoms with Crippen LogP contribution in [0.1, 0.15) is 23.7 Å². The molecule has 222 valence electrons. The van der Waals surface area contributed by atoms with E-state index < -0.39 is 30.4 Å². The molecule has 11 heteroatoms. The molecule has 10 nitrogen and oxygen atoms in total. The van der Waals surface area contributed by atoms with E-state index in [1.165, 1.54) is 45.2 Å². The van der Waals surface area contributed by atoms with Crippen molar-refractivity contribution in [1.29, 1.82) is 0 Å². The molecule has 4 rings (SSSR count). The lowest BCUT2D eigenvalue weighted by Gasteiger charge is -2.18. The maximum atomic E-state index is 13.1. The first kappa shape index (κ1) is 30.6. The van der Waals surface area contributed by atoms with Crippen LogP contribution in [0.3, 0.4) is 0 Å². The predicted octanol–water partition coefficient (Wildman–Crippen LogP) is 4.87. The number of nitrogens with one attached hydrogen (secondary N) is 2. The van der Waals surface area contributed by atoms with Crippen molar-refractivity contribution in [3.05, 3.63) is 60.2 Å². The number of aryl methyl sites for hydroxylation is 1. The first-order valence-electron chi connectivity index (χ1n) is 13.4. The van der Waals surface area contributed by atoms with Crippen LogP contribution in [0, 0.1) is 0 Å². The summed E-state index contributed by atoms with van der Waals surface area (Å²) < 4.78 is 23.5. The van der Waals surface area contributed by atoms with Crippen molar-refractivity contribution in [2.45, 2.75) is 25.9 Å². The average Bonchev–Trinajstić information content (AvgIpc) is 3.33. The molecule has 0 aliphatic rings. The SMILES string of the molecule is CCn1c2ccccc2c2cc(NC(=O)COC(=O)[C@@H](CCSC)NC(=O)c3cc(OC)c(OC)c(OC)c3)ccc21. The fourth-order valence-corrected chi connectivity index (χ4v) is 5.32. The van der Waals surface area contributed by atoms with Crippen LogP contribution in [0.15, 0.2) is 54.6 Å². The van der Waals surface area contributed by atoms with E-state index in [0.29, 0.717) is 35.1 Å². The lowest BCUT2D eigenvalue weighted by atomic mass is 10.1. The Hall–Kier alpha value is -4.38. The number of hydrogen-bond donors (Lipinski definition) is 2. The number of carbonyl (C=O) groups is 3. The fourth-order valence-electron chi connectivity index (χ4n) is 4.84. The topological polar surface area (TPSA) is 117 Å². The zero-order valence-corrected chi connectivity index (χ0v) is 25.1. The molecule has 0 radical (unpaired) electrons. The number of anilines is 1. The highest BCUT2D eigenvalue weighted by atomic mass is 32.2. The van der Waals surface area contributed by atoms with Gasteiger partial charge < -0.3 is 34.1 Å². The number of carbonyl (C=O) groups excluding carboxylic acids is 3. The summed E-state index contributed by atoms with van der Waals surface area (Å²) in [4.78, 5) is 38.8. The number of aromatic nitrogens is 1. The van der Waals surface area contributed by atoms with Gasteiger partial charge in [-0.15, -0.1) is 0 Å². The Balaban J connectivity index is 1.43. The lowest BCUT2D eigenvalue weighted by molar-refractivity contribution is -0.149. The van der Waals surface area contributed by atoms with E-state index >= 15 is 0 Å². The monoisotopic (exact) mass is 593 g/mol. The number of amides is 2. The smallest absolute Gasteiger partial charge is 0.329 e. The normalized spacial score (nSPS) is 11.6. The van der Waals surface area contributed by atoms with Gasteiger partial charge in [-0.1, -0.05) is 18.2 Å². The van der Waals surface area contributed by atoms with Crippen molar-refractivity contribution in [2.24, 2.45) is 0 Å². The summed E-state index contributed by atoms with van der Waals surface area (Å²) in [5.41, 5.74) is 3.00. The molecule has 3 aromatic carbocycles. The van der Waals surface area contributed by atoms with Crippen LogP contribution in [0.25, 0.3) is 21.8 Å². The Labute approximate surface area is 248 Å². The number of rotatable bonds is 13. The fraction of sp³-hybridized carbons (Fsp3) is 0.323. The summed E-state index contributed by atoms with van der Waals surface area (Å²) in [6.45, 7) is 2.42. The zero-order chi connectivity index (χ0) is 30.2.